The Kier molecular flexibility index (Phi) is 14.2. The molecule has 4 heterocycles. The molecule has 2 aliphatic heterocycles. The van der Waals surface area contributed by atoms with Crippen molar-refractivity contribution >= 4 is 105 Å². The number of benzene rings is 4. The van der Waals surface area contributed by atoms with Crippen molar-refractivity contribution in [1.29, 1.82) is 0 Å². The van der Waals surface area contributed by atoms with Gasteiger partial charge in [0.25, 0.3) is 6.01 Å². The van der Waals surface area contributed by atoms with Crippen LogP contribution >= 0.6 is 34.9 Å². The molecule has 0 radical (unpaired) electrons. The number of carbonyl (C=O) groups is 5. The molecule has 366 valence electrons. The maximum absolute atomic E-state index is 12.9. The van der Waals surface area contributed by atoms with E-state index in [2.05, 4.69) is 83.9 Å². The molecule has 1 aliphatic carbocycles. The second kappa shape index (κ2) is 20.2. The number of hydrogen-bond acceptors (Lipinski definition) is 14. The van der Waals surface area contributed by atoms with Crippen LogP contribution in [0.1, 0.15) is 96.9 Å². The number of carbonyl (C=O) groups excluding carboxylic acids is 5. The zero-order valence-electron chi connectivity index (χ0n) is 40.3. The van der Waals surface area contributed by atoms with E-state index in [1.54, 1.807) is 7.05 Å². The molecule has 9 rings (SSSR count). The molecule has 2 saturated heterocycles. The third-order valence-corrected chi connectivity index (χ3v) is 18.1. The lowest BCUT2D eigenvalue weighted by molar-refractivity contribution is -0.122. The van der Waals surface area contributed by atoms with Gasteiger partial charge in [-0.05, 0) is 103 Å². The number of aldehydes is 4. The Morgan fingerprint density at radius 1 is 1.01 bits per heavy atom. The standard InChI is InChI=1S/C54H59ClN6O7S2/c1-53(2)45-28-40(57-36-12-7-10-34(27-36)49-47(55)48(67-25-24-63)44(30-65)70-49)50(53)54(3,4)61(45)69-31-32-15-18-43-39(26-32)58-52(68-43)60-21-19-33(20-22-60)37-16-17-41(46-35(29-64)11-8-13-38(37)46)59(6)42(14-9-23-62)51(66)56-5/h7-8,10-13,15-18,23-24,26-27,29-30,33,40,42,45,50,57H,9,14,19-22,25,28,31H2,1-6H3,(H,56,66). The first-order valence-corrected chi connectivity index (χ1v) is 26.0. The monoisotopic (exact) mass is 1000 g/mol. The van der Waals surface area contributed by atoms with Crippen molar-refractivity contribution in [2.45, 2.75) is 95.1 Å². The van der Waals surface area contributed by atoms with Crippen LogP contribution in [-0.2, 0) is 20.1 Å². The smallest absolute Gasteiger partial charge is 0.298 e. The van der Waals surface area contributed by atoms with E-state index in [4.69, 9.17) is 25.7 Å². The van der Waals surface area contributed by atoms with Crippen molar-refractivity contribution in [1.82, 2.24) is 14.6 Å². The summed E-state index contributed by atoms with van der Waals surface area (Å²) in [7, 11) is 3.44. The minimum Gasteiger partial charge on any atom is -0.483 e. The van der Waals surface area contributed by atoms with Crippen molar-refractivity contribution in [3.05, 3.63) is 99.4 Å². The number of ether oxygens (including phenoxy) is 1. The van der Waals surface area contributed by atoms with E-state index >= 15 is 0 Å². The van der Waals surface area contributed by atoms with Crippen molar-refractivity contribution in [3.8, 4) is 16.2 Å². The summed E-state index contributed by atoms with van der Waals surface area (Å²) < 4.78 is 14.5. The number of likely N-dealkylation sites (N-methyl/N-ethyl adjacent to an activating group) is 2. The lowest BCUT2D eigenvalue weighted by atomic mass is 9.73. The van der Waals surface area contributed by atoms with Crippen LogP contribution in [0.2, 0.25) is 5.02 Å². The quantitative estimate of drug-likeness (QED) is 0.0585. The summed E-state index contributed by atoms with van der Waals surface area (Å²) in [5, 5.41) is 8.77. The first kappa shape index (κ1) is 49.2. The van der Waals surface area contributed by atoms with Gasteiger partial charge in [-0.3, -0.25) is 19.2 Å². The molecule has 4 atom stereocenters. The summed E-state index contributed by atoms with van der Waals surface area (Å²) >= 11 is 9.86. The average molecular weight is 1000 g/mol. The zero-order chi connectivity index (χ0) is 49.5. The van der Waals surface area contributed by atoms with Gasteiger partial charge in [0.05, 0.1) is 4.88 Å². The Bertz CT molecular complexity index is 2960. The van der Waals surface area contributed by atoms with Gasteiger partial charge < -0.3 is 34.4 Å². The number of nitrogens with one attached hydrogen (secondary N) is 2. The van der Waals surface area contributed by atoms with Gasteiger partial charge >= 0.3 is 0 Å². The van der Waals surface area contributed by atoms with Crippen LogP contribution in [0.15, 0.2) is 77.2 Å². The molecule has 3 aliphatic rings. The SMILES string of the molecule is CNC(=O)C(CCC=O)N(C)c1ccc(C2CCN(c3nc4cc(CSN5C6CC(Nc7cccc(-c8sc(C=O)c(OCC=O)c8Cl)c7)C(C6(C)C)C5(C)C)ccc4o3)CC2)c2cccc(C=O)c12. The van der Waals surface area contributed by atoms with Gasteiger partial charge in [0.1, 0.15) is 34.4 Å². The number of rotatable bonds is 19. The molecule has 2 bridgehead atoms. The van der Waals surface area contributed by atoms with E-state index in [1.165, 1.54) is 22.5 Å². The fourth-order valence-corrected chi connectivity index (χ4v) is 14.8. The largest absolute Gasteiger partial charge is 0.483 e. The van der Waals surface area contributed by atoms with E-state index in [0.29, 0.717) is 52.4 Å². The summed E-state index contributed by atoms with van der Waals surface area (Å²) in [5.74, 6) is 1.45. The van der Waals surface area contributed by atoms with E-state index < -0.39 is 6.04 Å². The molecule has 2 aromatic heterocycles. The number of halogens is 1. The number of hydrogen-bond donors (Lipinski definition) is 2. The third kappa shape index (κ3) is 8.98. The summed E-state index contributed by atoms with van der Waals surface area (Å²) in [6.07, 6.45) is 6.40. The van der Waals surface area contributed by atoms with Crippen molar-refractivity contribution in [3.63, 3.8) is 0 Å². The molecule has 16 heteroatoms. The number of piperidine rings is 2. The van der Waals surface area contributed by atoms with Crippen LogP contribution in [-0.4, -0.2) is 97.8 Å². The Hall–Kier alpha value is -5.74. The van der Waals surface area contributed by atoms with Crippen LogP contribution in [0.4, 0.5) is 17.4 Å². The zero-order valence-corrected chi connectivity index (χ0v) is 42.7. The molecular formula is C54H59ClN6O7S2. The molecular weight excluding hydrogens is 944 g/mol. The van der Waals surface area contributed by atoms with Crippen LogP contribution in [0.25, 0.3) is 32.3 Å². The minimum atomic E-state index is -0.569. The van der Waals surface area contributed by atoms with Gasteiger partial charge in [0.15, 0.2) is 30.2 Å². The number of anilines is 3. The average Bonchev–Trinajstić information content (AvgIpc) is 4.05. The highest BCUT2D eigenvalue weighted by atomic mass is 35.5. The summed E-state index contributed by atoms with van der Waals surface area (Å²) in [5.41, 5.74) is 7.10. The molecule has 0 spiro atoms. The van der Waals surface area contributed by atoms with Gasteiger partial charge in [-0.2, -0.15) is 4.98 Å². The molecule has 70 heavy (non-hydrogen) atoms. The molecule has 1 saturated carbocycles. The normalized spacial score (nSPS) is 20.1. The fraction of sp³-hybridized carbons (Fsp3) is 0.407. The van der Waals surface area contributed by atoms with E-state index in [9.17, 15) is 24.0 Å². The number of fused-ring (bicyclic) bond motifs is 4. The number of aromatic nitrogens is 1. The summed E-state index contributed by atoms with van der Waals surface area (Å²) in [6.45, 7) is 10.9. The highest BCUT2D eigenvalue weighted by molar-refractivity contribution is 7.96. The van der Waals surface area contributed by atoms with Crippen molar-refractivity contribution < 1.29 is 33.1 Å². The van der Waals surface area contributed by atoms with Crippen LogP contribution in [0, 0.1) is 11.3 Å². The highest BCUT2D eigenvalue weighted by Gasteiger charge is 2.66. The molecule has 2 N–H and O–H groups in total. The lowest BCUT2D eigenvalue weighted by Crippen LogP contribution is -2.51. The van der Waals surface area contributed by atoms with Gasteiger partial charge in [-0.1, -0.05) is 79.9 Å². The van der Waals surface area contributed by atoms with Gasteiger partial charge in [-0.25, -0.2) is 4.31 Å². The number of oxazole rings is 1. The molecule has 6 aromatic rings. The van der Waals surface area contributed by atoms with Crippen LogP contribution in [0.5, 0.6) is 5.75 Å². The van der Waals surface area contributed by atoms with E-state index in [-0.39, 0.29) is 47.6 Å². The lowest BCUT2D eigenvalue weighted by Gasteiger charge is -2.45. The molecule has 13 nitrogen and oxygen atoms in total. The Balaban J connectivity index is 0.851. The fourth-order valence-electron chi connectivity index (χ4n) is 12.0. The second-order valence-corrected chi connectivity index (χ2v) is 22.1. The topological polar surface area (TPSA) is 154 Å². The second-order valence-electron chi connectivity index (χ2n) is 19.8. The first-order valence-electron chi connectivity index (χ1n) is 23.9. The predicted molar refractivity (Wildman–Crippen MR) is 281 cm³/mol. The van der Waals surface area contributed by atoms with Crippen LogP contribution in [0.3, 0.4) is 0 Å². The molecule has 1 amide bonds. The molecule has 3 fully saturated rings. The molecule has 4 aromatic carbocycles. The minimum absolute atomic E-state index is 0.0479. The number of thiophene rings is 1. The Labute approximate surface area is 421 Å². The van der Waals surface area contributed by atoms with Gasteiger partial charge in [0, 0.05) is 85.2 Å². The highest BCUT2D eigenvalue weighted by Crippen LogP contribution is 2.62. The van der Waals surface area contributed by atoms with Crippen LogP contribution < -0.4 is 25.2 Å². The maximum atomic E-state index is 12.9. The van der Waals surface area contributed by atoms with E-state index in [0.717, 1.165) is 94.4 Å². The first-order chi connectivity index (χ1) is 33.7. The van der Waals surface area contributed by atoms with Crippen molar-refractivity contribution in [2.75, 3.05) is 48.9 Å². The summed E-state index contributed by atoms with van der Waals surface area (Å²) in [4.78, 5) is 69.7. The number of amides is 1. The van der Waals surface area contributed by atoms with E-state index in [1.807, 2.05) is 60.3 Å². The maximum Gasteiger partial charge on any atom is 0.298 e. The molecule has 4 unspecified atom stereocenters. The predicted octanol–water partition coefficient (Wildman–Crippen LogP) is 10.6. The van der Waals surface area contributed by atoms with Gasteiger partial charge in [0.2, 0.25) is 5.91 Å². The third-order valence-electron chi connectivity index (χ3n) is 15.0. The van der Waals surface area contributed by atoms with Gasteiger partial charge in [-0.15, -0.1) is 11.3 Å². The summed E-state index contributed by atoms with van der Waals surface area (Å²) in [6, 6.07) is 25.0. The van der Waals surface area contributed by atoms with Crippen molar-refractivity contribution in [2.24, 2.45) is 11.3 Å². The number of nitrogens with zero attached hydrogens (tertiary/aromatic N) is 4. The Morgan fingerprint density at radius 3 is 2.51 bits per heavy atom. The Morgan fingerprint density at radius 2 is 1.80 bits per heavy atom.